The van der Waals surface area contributed by atoms with E-state index >= 15 is 0 Å². The van der Waals surface area contributed by atoms with Crippen LogP contribution in [0.2, 0.25) is 0 Å². The predicted molar refractivity (Wildman–Crippen MR) is 83.3 cm³/mol. The van der Waals surface area contributed by atoms with Crippen molar-refractivity contribution in [2.24, 2.45) is 23.7 Å². The van der Waals surface area contributed by atoms with Crippen molar-refractivity contribution in [3.05, 3.63) is 35.4 Å². The van der Waals surface area contributed by atoms with Crippen molar-refractivity contribution in [3.8, 4) is 0 Å². The smallest absolute Gasteiger partial charge is 0.308 e. The van der Waals surface area contributed by atoms with Crippen LogP contribution < -0.4 is 5.32 Å². The lowest BCUT2D eigenvalue weighted by molar-refractivity contribution is -0.141. The zero-order valence-electron chi connectivity index (χ0n) is 12.9. The maximum Gasteiger partial charge on any atom is 0.308 e. The zero-order chi connectivity index (χ0) is 15.7. The van der Waals surface area contributed by atoms with Crippen LogP contribution in [0.5, 0.6) is 0 Å². The van der Waals surface area contributed by atoms with Gasteiger partial charge in [0.05, 0.1) is 5.92 Å². The molecule has 0 aliphatic heterocycles. The lowest BCUT2D eigenvalue weighted by Crippen LogP contribution is -2.35. The first-order chi connectivity index (χ1) is 10.6. The second-order valence-corrected chi connectivity index (χ2v) is 6.76. The molecule has 2 aliphatic carbocycles. The largest absolute Gasteiger partial charge is 0.481 e. The van der Waals surface area contributed by atoms with Crippen LogP contribution in [0.25, 0.3) is 0 Å². The van der Waals surface area contributed by atoms with E-state index in [4.69, 9.17) is 0 Å². The van der Waals surface area contributed by atoms with Gasteiger partial charge in [-0.2, -0.15) is 0 Å². The second-order valence-electron chi connectivity index (χ2n) is 6.76. The van der Waals surface area contributed by atoms with Crippen LogP contribution in [0.1, 0.15) is 30.4 Å². The molecule has 2 aliphatic rings. The normalized spacial score (nSPS) is 27.0. The number of carbonyl (C=O) groups is 2. The Morgan fingerprint density at radius 3 is 2.68 bits per heavy atom. The number of carbonyl (C=O) groups excluding carboxylic acids is 1. The number of aryl methyl sites for hydroxylation is 1. The summed E-state index contributed by atoms with van der Waals surface area (Å²) in [7, 11) is 0. The number of benzene rings is 1. The van der Waals surface area contributed by atoms with E-state index < -0.39 is 11.9 Å². The van der Waals surface area contributed by atoms with Crippen LogP contribution in [0.15, 0.2) is 24.3 Å². The summed E-state index contributed by atoms with van der Waals surface area (Å²) in [6, 6.07) is 7.87. The van der Waals surface area contributed by atoms with Crippen molar-refractivity contribution in [1.29, 1.82) is 0 Å². The molecular formula is C18H23NO3. The van der Waals surface area contributed by atoms with Gasteiger partial charge in [0.25, 0.3) is 0 Å². The molecule has 4 heteroatoms. The van der Waals surface area contributed by atoms with E-state index in [-0.39, 0.29) is 18.4 Å². The number of hydrogen-bond donors (Lipinski definition) is 2. The topological polar surface area (TPSA) is 66.4 Å². The molecule has 1 aromatic rings. The fourth-order valence-electron chi connectivity index (χ4n) is 3.92. The minimum absolute atomic E-state index is 0.0604. The lowest BCUT2D eigenvalue weighted by Gasteiger charge is -2.14. The lowest BCUT2D eigenvalue weighted by atomic mass is 9.98. The van der Waals surface area contributed by atoms with Gasteiger partial charge < -0.3 is 10.4 Å². The van der Waals surface area contributed by atoms with E-state index in [1.807, 2.05) is 31.2 Å². The van der Waals surface area contributed by atoms with Gasteiger partial charge in [0.1, 0.15) is 0 Å². The van der Waals surface area contributed by atoms with Crippen molar-refractivity contribution in [1.82, 2.24) is 5.32 Å². The van der Waals surface area contributed by atoms with E-state index in [2.05, 4.69) is 5.32 Å². The Labute approximate surface area is 130 Å². The van der Waals surface area contributed by atoms with Crippen LogP contribution in [0, 0.1) is 30.6 Å². The van der Waals surface area contributed by atoms with Gasteiger partial charge in [-0.05, 0) is 43.6 Å². The van der Waals surface area contributed by atoms with Crippen LogP contribution >= 0.6 is 0 Å². The molecule has 22 heavy (non-hydrogen) atoms. The number of aliphatic carboxylic acids is 1. The molecule has 2 fully saturated rings. The fourth-order valence-corrected chi connectivity index (χ4v) is 3.92. The Morgan fingerprint density at radius 1 is 1.32 bits per heavy atom. The van der Waals surface area contributed by atoms with E-state index in [1.54, 1.807) is 0 Å². The third-order valence-corrected chi connectivity index (χ3v) is 5.15. The molecule has 3 unspecified atom stereocenters. The fraction of sp³-hybridized carbons (Fsp3) is 0.556. The number of nitrogens with one attached hydrogen (secondary N) is 1. The molecule has 0 radical (unpaired) electrons. The molecular weight excluding hydrogens is 278 g/mol. The van der Waals surface area contributed by atoms with Crippen molar-refractivity contribution in [2.45, 2.75) is 32.6 Å². The van der Waals surface area contributed by atoms with Crippen LogP contribution in [-0.4, -0.2) is 23.5 Å². The molecule has 2 saturated carbocycles. The van der Waals surface area contributed by atoms with Crippen molar-refractivity contribution >= 4 is 11.9 Å². The Morgan fingerprint density at radius 2 is 2.05 bits per heavy atom. The summed E-state index contributed by atoms with van der Waals surface area (Å²) in [5.74, 6) is -0.0606. The van der Waals surface area contributed by atoms with Gasteiger partial charge in [0.2, 0.25) is 5.91 Å². The number of fused-ring (bicyclic) bond motifs is 1. The molecule has 0 spiro atoms. The molecule has 1 amide bonds. The highest BCUT2D eigenvalue weighted by molar-refractivity contribution is 5.83. The standard InChI is InChI=1S/C18H23NO3/c1-11-4-2-5-12(8-11)9-13(18(21)22)10-19-17(20)16-14-6-3-7-15(14)16/h2,4-5,8,13-16H,3,6-7,9-10H2,1H3,(H,19,20)(H,21,22). The molecule has 0 aromatic heterocycles. The second kappa shape index (κ2) is 6.11. The number of rotatable bonds is 6. The van der Waals surface area contributed by atoms with E-state index in [1.165, 1.54) is 6.42 Å². The molecule has 0 saturated heterocycles. The number of hydrogen-bond acceptors (Lipinski definition) is 2. The predicted octanol–water partition coefficient (Wildman–Crippen LogP) is 2.40. The maximum absolute atomic E-state index is 12.1. The minimum Gasteiger partial charge on any atom is -0.481 e. The minimum atomic E-state index is -0.849. The van der Waals surface area contributed by atoms with Crippen molar-refractivity contribution in [3.63, 3.8) is 0 Å². The zero-order valence-corrected chi connectivity index (χ0v) is 12.9. The summed E-state index contributed by atoms with van der Waals surface area (Å²) in [6.45, 7) is 2.21. The highest BCUT2D eigenvalue weighted by Crippen LogP contribution is 2.57. The first kappa shape index (κ1) is 15.1. The van der Waals surface area contributed by atoms with E-state index in [0.29, 0.717) is 18.3 Å². The molecule has 0 bridgehead atoms. The molecule has 1 aromatic carbocycles. The molecule has 2 N–H and O–H groups in total. The Kier molecular flexibility index (Phi) is 4.19. The van der Waals surface area contributed by atoms with Crippen molar-refractivity contribution in [2.75, 3.05) is 6.54 Å². The van der Waals surface area contributed by atoms with Gasteiger partial charge in [0.15, 0.2) is 0 Å². The summed E-state index contributed by atoms with van der Waals surface area (Å²) < 4.78 is 0. The first-order valence-electron chi connectivity index (χ1n) is 8.12. The average molecular weight is 301 g/mol. The maximum atomic E-state index is 12.1. The van der Waals surface area contributed by atoms with E-state index in [0.717, 1.165) is 24.0 Å². The molecule has 0 heterocycles. The summed E-state index contributed by atoms with van der Waals surface area (Å²) in [4.78, 5) is 23.6. The Balaban J connectivity index is 1.53. The molecule has 4 nitrogen and oxygen atoms in total. The number of amides is 1. The van der Waals surface area contributed by atoms with E-state index in [9.17, 15) is 14.7 Å². The van der Waals surface area contributed by atoms with Gasteiger partial charge in [-0.25, -0.2) is 0 Å². The summed E-state index contributed by atoms with van der Waals surface area (Å²) in [5, 5.41) is 12.3. The molecule has 118 valence electrons. The van der Waals surface area contributed by atoms with Gasteiger partial charge >= 0.3 is 5.97 Å². The highest BCUT2D eigenvalue weighted by Gasteiger charge is 2.56. The van der Waals surface area contributed by atoms with Gasteiger partial charge in [-0.1, -0.05) is 36.2 Å². The quantitative estimate of drug-likeness (QED) is 0.848. The van der Waals surface area contributed by atoms with Crippen molar-refractivity contribution < 1.29 is 14.7 Å². The van der Waals surface area contributed by atoms with Crippen LogP contribution in [0.3, 0.4) is 0 Å². The van der Waals surface area contributed by atoms with Gasteiger partial charge in [-0.3, -0.25) is 9.59 Å². The molecule has 3 rings (SSSR count). The monoisotopic (exact) mass is 301 g/mol. The SMILES string of the molecule is Cc1cccc(CC(CNC(=O)C2C3CCCC32)C(=O)O)c1. The van der Waals surface area contributed by atoms with Gasteiger partial charge in [0, 0.05) is 12.5 Å². The van der Waals surface area contributed by atoms with Crippen LogP contribution in [0.4, 0.5) is 0 Å². The number of carboxylic acids is 1. The van der Waals surface area contributed by atoms with Gasteiger partial charge in [-0.15, -0.1) is 0 Å². The average Bonchev–Trinajstić information content (AvgIpc) is 2.96. The van der Waals surface area contributed by atoms with Crippen LogP contribution in [-0.2, 0) is 16.0 Å². The third kappa shape index (κ3) is 3.16. The summed E-state index contributed by atoms with van der Waals surface area (Å²) in [5.41, 5.74) is 2.13. The third-order valence-electron chi connectivity index (χ3n) is 5.15. The Bertz CT molecular complexity index is 573. The molecule has 3 atom stereocenters. The number of carboxylic acid groups (broad SMARTS) is 1. The summed E-state index contributed by atoms with van der Waals surface area (Å²) >= 11 is 0. The first-order valence-corrected chi connectivity index (χ1v) is 8.12. The Hall–Kier alpha value is -1.84. The highest BCUT2D eigenvalue weighted by atomic mass is 16.4. The summed E-state index contributed by atoms with van der Waals surface area (Å²) in [6.07, 6.45) is 4.02.